The van der Waals surface area contributed by atoms with Crippen molar-refractivity contribution < 1.29 is 0 Å². The molecule has 7 aromatic rings. The summed E-state index contributed by atoms with van der Waals surface area (Å²) in [6.07, 6.45) is 3.62. The van der Waals surface area contributed by atoms with E-state index >= 15 is 0 Å². The molecule has 0 amide bonds. The molecule has 2 saturated heterocycles. The molecule has 0 spiro atoms. The lowest BCUT2D eigenvalue weighted by Crippen LogP contribution is -2.58. The zero-order valence-corrected chi connectivity index (χ0v) is 31.9. The SMILES string of the molecule is CC1CN(C(c2ccccc2)(c2ccccc2)c2ccccc2)CCN1.CC1CNCCN1c1nccc2ccccc12.Clc1nccc2ccccc12. The van der Waals surface area contributed by atoms with Crippen LogP contribution in [0.3, 0.4) is 0 Å². The van der Waals surface area contributed by atoms with Gasteiger partial charge in [0.2, 0.25) is 0 Å². The number of piperazine rings is 2. The first-order valence-electron chi connectivity index (χ1n) is 19.0. The summed E-state index contributed by atoms with van der Waals surface area (Å²) in [6.45, 7) is 10.7. The lowest BCUT2D eigenvalue weighted by atomic mass is 9.75. The van der Waals surface area contributed by atoms with Crippen LogP contribution in [-0.4, -0.2) is 66.2 Å². The number of benzene rings is 5. The smallest absolute Gasteiger partial charge is 0.136 e. The summed E-state index contributed by atoms with van der Waals surface area (Å²) in [5, 5.41) is 12.2. The minimum atomic E-state index is -0.278. The van der Waals surface area contributed by atoms with Crippen LogP contribution in [0, 0.1) is 0 Å². The van der Waals surface area contributed by atoms with Gasteiger partial charge in [0.15, 0.2) is 0 Å². The summed E-state index contributed by atoms with van der Waals surface area (Å²) in [6, 6.07) is 54.2. The fourth-order valence-corrected chi connectivity index (χ4v) is 8.12. The van der Waals surface area contributed by atoms with Crippen LogP contribution in [0.25, 0.3) is 21.5 Å². The third-order valence-electron chi connectivity index (χ3n) is 10.5. The molecule has 2 aliphatic heterocycles. The van der Waals surface area contributed by atoms with Crippen LogP contribution in [0.1, 0.15) is 30.5 Å². The Morgan fingerprint density at radius 2 is 1.11 bits per heavy atom. The van der Waals surface area contributed by atoms with E-state index in [2.05, 4.69) is 166 Å². The first-order valence-corrected chi connectivity index (χ1v) is 19.4. The number of anilines is 1. The predicted molar refractivity (Wildman–Crippen MR) is 226 cm³/mol. The molecule has 9 rings (SSSR count). The molecular formula is C47H49ClN6. The summed E-state index contributed by atoms with van der Waals surface area (Å²) in [5.74, 6) is 1.12. The Bertz CT molecular complexity index is 2110. The van der Waals surface area contributed by atoms with Gasteiger partial charge in [0.05, 0.1) is 5.54 Å². The number of halogens is 1. The van der Waals surface area contributed by atoms with E-state index < -0.39 is 0 Å². The second kappa shape index (κ2) is 17.8. The summed E-state index contributed by atoms with van der Waals surface area (Å²) >= 11 is 5.85. The van der Waals surface area contributed by atoms with Crippen molar-refractivity contribution >= 4 is 39.0 Å². The van der Waals surface area contributed by atoms with Crippen LogP contribution in [0.4, 0.5) is 5.82 Å². The number of pyridine rings is 2. The Morgan fingerprint density at radius 1 is 0.593 bits per heavy atom. The van der Waals surface area contributed by atoms with E-state index in [0.29, 0.717) is 17.2 Å². The highest BCUT2D eigenvalue weighted by Crippen LogP contribution is 2.42. The minimum absolute atomic E-state index is 0.278. The lowest BCUT2D eigenvalue weighted by Gasteiger charge is -2.48. The molecule has 7 heteroatoms. The third kappa shape index (κ3) is 8.18. The van der Waals surface area contributed by atoms with Crippen molar-refractivity contribution in [1.29, 1.82) is 0 Å². The number of nitrogens with zero attached hydrogens (tertiary/aromatic N) is 4. The van der Waals surface area contributed by atoms with Gasteiger partial charge in [0.25, 0.3) is 0 Å². The summed E-state index contributed by atoms with van der Waals surface area (Å²) in [7, 11) is 0. The number of nitrogens with one attached hydrogen (secondary N) is 2. The Hall–Kier alpha value is -5.11. The van der Waals surface area contributed by atoms with Gasteiger partial charge in [0.1, 0.15) is 11.0 Å². The minimum Gasteiger partial charge on any atom is -0.351 e. The standard InChI is InChI=1S/C24H26N2.C14H17N3.C9H6ClN/c1-20-19-26(18-17-25-20)24(21-11-5-2-6-12-21,22-13-7-3-8-14-22)23-15-9-4-10-16-23;1-11-10-15-8-9-17(11)14-13-5-3-2-4-12(13)6-7-16-14;10-9-8-4-2-1-3-7(8)5-6-11-9/h2-16,20,25H,17-19H2,1H3;2-7,11,15H,8-10H2,1H3;1-6H. The second-order valence-corrected chi connectivity index (χ2v) is 14.4. The molecule has 4 heterocycles. The Kier molecular flexibility index (Phi) is 12.3. The average Bonchev–Trinajstić information content (AvgIpc) is 3.23. The monoisotopic (exact) mass is 732 g/mol. The second-order valence-electron chi connectivity index (χ2n) is 14.0. The molecule has 0 bridgehead atoms. The van der Waals surface area contributed by atoms with Gasteiger partial charge in [0, 0.05) is 74.5 Å². The first kappa shape index (κ1) is 37.2. The van der Waals surface area contributed by atoms with Crippen molar-refractivity contribution in [1.82, 2.24) is 25.5 Å². The van der Waals surface area contributed by atoms with Gasteiger partial charge in [-0.3, -0.25) is 4.90 Å². The maximum absolute atomic E-state index is 5.85. The van der Waals surface area contributed by atoms with Crippen LogP contribution in [-0.2, 0) is 5.54 Å². The van der Waals surface area contributed by atoms with Gasteiger partial charge in [-0.05, 0) is 53.4 Å². The van der Waals surface area contributed by atoms with Crippen LogP contribution >= 0.6 is 11.6 Å². The maximum Gasteiger partial charge on any atom is 0.136 e. The van der Waals surface area contributed by atoms with Crippen molar-refractivity contribution in [3.63, 3.8) is 0 Å². The number of fused-ring (bicyclic) bond motifs is 2. The molecule has 2 aromatic heterocycles. The van der Waals surface area contributed by atoms with Crippen LogP contribution < -0.4 is 15.5 Å². The first-order chi connectivity index (χ1) is 26.6. The molecule has 2 unspecified atom stereocenters. The van der Waals surface area contributed by atoms with E-state index in [1.807, 2.05) is 36.5 Å². The van der Waals surface area contributed by atoms with Crippen molar-refractivity contribution in [2.24, 2.45) is 0 Å². The van der Waals surface area contributed by atoms with E-state index in [4.69, 9.17) is 11.6 Å². The van der Waals surface area contributed by atoms with Crippen LogP contribution in [0.2, 0.25) is 5.15 Å². The van der Waals surface area contributed by atoms with Crippen molar-refractivity contribution in [2.45, 2.75) is 31.5 Å². The molecule has 5 aromatic carbocycles. The normalized spacial score (nSPS) is 17.6. The van der Waals surface area contributed by atoms with E-state index in [1.54, 1.807) is 6.20 Å². The molecule has 6 nitrogen and oxygen atoms in total. The largest absolute Gasteiger partial charge is 0.351 e. The molecule has 54 heavy (non-hydrogen) atoms. The number of hydrogen-bond donors (Lipinski definition) is 2. The molecule has 0 aliphatic carbocycles. The Morgan fingerprint density at radius 3 is 1.67 bits per heavy atom. The van der Waals surface area contributed by atoms with Gasteiger partial charge >= 0.3 is 0 Å². The van der Waals surface area contributed by atoms with Gasteiger partial charge in [-0.2, -0.15) is 0 Å². The van der Waals surface area contributed by atoms with Gasteiger partial charge < -0.3 is 15.5 Å². The van der Waals surface area contributed by atoms with E-state index in [9.17, 15) is 0 Å². The topological polar surface area (TPSA) is 56.3 Å². The third-order valence-corrected chi connectivity index (χ3v) is 10.8. The Balaban J connectivity index is 0.000000137. The molecule has 2 fully saturated rings. The van der Waals surface area contributed by atoms with Gasteiger partial charge in [-0.25, -0.2) is 9.97 Å². The highest BCUT2D eigenvalue weighted by atomic mass is 35.5. The van der Waals surface area contributed by atoms with Crippen LogP contribution in [0.5, 0.6) is 0 Å². The molecule has 0 radical (unpaired) electrons. The van der Waals surface area contributed by atoms with E-state index in [1.165, 1.54) is 27.5 Å². The zero-order chi connectivity index (χ0) is 37.2. The zero-order valence-electron chi connectivity index (χ0n) is 31.2. The molecule has 2 N–H and O–H groups in total. The van der Waals surface area contributed by atoms with E-state index in [0.717, 1.165) is 55.9 Å². The van der Waals surface area contributed by atoms with Crippen molar-refractivity contribution in [3.05, 3.63) is 186 Å². The fraction of sp³-hybridized carbons (Fsp3) is 0.234. The summed E-state index contributed by atoms with van der Waals surface area (Å²) in [5.41, 5.74) is 3.70. The number of hydrogen-bond acceptors (Lipinski definition) is 6. The fourth-order valence-electron chi connectivity index (χ4n) is 7.89. The molecule has 2 atom stereocenters. The number of aromatic nitrogens is 2. The van der Waals surface area contributed by atoms with Crippen molar-refractivity contribution in [3.8, 4) is 0 Å². The number of rotatable bonds is 5. The molecule has 274 valence electrons. The highest BCUT2D eigenvalue weighted by molar-refractivity contribution is 6.34. The predicted octanol–water partition coefficient (Wildman–Crippen LogP) is 9.19. The summed E-state index contributed by atoms with van der Waals surface area (Å²) < 4.78 is 0. The maximum atomic E-state index is 5.85. The molecule has 0 saturated carbocycles. The van der Waals surface area contributed by atoms with Crippen molar-refractivity contribution in [2.75, 3.05) is 44.2 Å². The van der Waals surface area contributed by atoms with Gasteiger partial charge in [-0.15, -0.1) is 0 Å². The molecule has 2 aliphatic rings. The lowest BCUT2D eigenvalue weighted by molar-refractivity contribution is 0.115. The average molecular weight is 733 g/mol. The summed E-state index contributed by atoms with van der Waals surface area (Å²) in [4.78, 5) is 13.6. The molecular weight excluding hydrogens is 684 g/mol. The van der Waals surface area contributed by atoms with E-state index in [-0.39, 0.29) is 5.54 Å². The Labute approximate surface area is 324 Å². The highest BCUT2D eigenvalue weighted by Gasteiger charge is 2.43. The van der Waals surface area contributed by atoms with Gasteiger partial charge in [-0.1, -0.05) is 151 Å². The quantitative estimate of drug-likeness (QED) is 0.136. The van der Waals surface area contributed by atoms with Crippen LogP contribution in [0.15, 0.2) is 164 Å².